The van der Waals surface area contributed by atoms with E-state index in [0.29, 0.717) is 5.69 Å². The van der Waals surface area contributed by atoms with Gasteiger partial charge in [0, 0.05) is 24.3 Å². The number of amides is 1. The molecule has 0 aliphatic heterocycles. The first kappa shape index (κ1) is 11.1. The van der Waals surface area contributed by atoms with E-state index in [9.17, 15) is 13.6 Å². The van der Waals surface area contributed by atoms with Crippen LogP contribution in [-0.2, 0) is 0 Å². The van der Waals surface area contributed by atoms with Crippen LogP contribution in [0.15, 0.2) is 36.8 Å². The highest BCUT2D eigenvalue weighted by atomic mass is 19.2. The molecule has 17 heavy (non-hydrogen) atoms. The van der Waals surface area contributed by atoms with E-state index in [1.807, 2.05) is 0 Å². The van der Waals surface area contributed by atoms with Crippen molar-refractivity contribution in [2.75, 3.05) is 5.32 Å². The minimum atomic E-state index is -1.30. The highest BCUT2D eigenvalue weighted by Gasteiger charge is 2.15. The van der Waals surface area contributed by atoms with Gasteiger partial charge in [0.05, 0.1) is 5.56 Å². The minimum Gasteiger partial charge on any atom is -0.322 e. The predicted octanol–water partition coefficient (Wildman–Crippen LogP) is 2.01. The molecule has 86 valence electrons. The maximum atomic E-state index is 13.2. The van der Waals surface area contributed by atoms with Crippen molar-refractivity contribution in [3.63, 3.8) is 0 Å². The number of rotatable bonds is 2. The molecule has 0 aromatic carbocycles. The third-order valence-electron chi connectivity index (χ3n) is 2.03. The average Bonchev–Trinajstić information content (AvgIpc) is 2.34. The van der Waals surface area contributed by atoms with Crippen molar-refractivity contribution < 1.29 is 13.6 Å². The standard InChI is InChI=1S/C11H7F2N3O/c12-9-8(3-6-15-10(9)13)11(17)16-7-1-4-14-5-2-7/h1-6H,(H,14,16,17). The van der Waals surface area contributed by atoms with E-state index in [1.165, 1.54) is 24.5 Å². The fourth-order valence-corrected chi connectivity index (χ4v) is 1.23. The summed E-state index contributed by atoms with van der Waals surface area (Å²) in [7, 11) is 0. The first-order valence-electron chi connectivity index (χ1n) is 4.70. The molecule has 4 nitrogen and oxygen atoms in total. The predicted molar refractivity (Wildman–Crippen MR) is 56.3 cm³/mol. The van der Waals surface area contributed by atoms with Gasteiger partial charge in [-0.3, -0.25) is 9.78 Å². The van der Waals surface area contributed by atoms with Crippen molar-refractivity contribution in [2.45, 2.75) is 0 Å². The minimum absolute atomic E-state index is 0.394. The second kappa shape index (κ2) is 4.65. The molecule has 0 aliphatic rings. The van der Waals surface area contributed by atoms with Crippen molar-refractivity contribution in [3.05, 3.63) is 54.1 Å². The number of hydrogen-bond donors (Lipinski definition) is 1. The molecule has 2 heterocycles. The number of pyridine rings is 2. The van der Waals surface area contributed by atoms with Crippen molar-refractivity contribution in [3.8, 4) is 0 Å². The van der Waals surface area contributed by atoms with Gasteiger partial charge in [-0.25, -0.2) is 9.37 Å². The molecular formula is C11H7F2N3O. The summed E-state index contributed by atoms with van der Waals surface area (Å²) < 4.78 is 26.0. The Bertz CT molecular complexity index is 546. The van der Waals surface area contributed by atoms with Gasteiger partial charge in [-0.05, 0) is 18.2 Å². The van der Waals surface area contributed by atoms with Crippen LogP contribution in [0.5, 0.6) is 0 Å². The lowest BCUT2D eigenvalue weighted by molar-refractivity contribution is 0.102. The Kier molecular flexibility index (Phi) is 3.04. The van der Waals surface area contributed by atoms with Gasteiger partial charge in [0.1, 0.15) is 0 Å². The van der Waals surface area contributed by atoms with Gasteiger partial charge < -0.3 is 5.32 Å². The maximum Gasteiger partial charge on any atom is 0.258 e. The summed E-state index contributed by atoms with van der Waals surface area (Å²) in [5.41, 5.74) is 0.0518. The van der Waals surface area contributed by atoms with Crippen LogP contribution in [-0.4, -0.2) is 15.9 Å². The molecule has 0 radical (unpaired) electrons. The number of halogens is 2. The molecular weight excluding hydrogens is 228 g/mol. The van der Waals surface area contributed by atoms with Crippen LogP contribution in [0.3, 0.4) is 0 Å². The molecule has 0 saturated heterocycles. The second-order valence-corrected chi connectivity index (χ2v) is 3.15. The molecule has 0 saturated carbocycles. The number of hydrogen-bond acceptors (Lipinski definition) is 3. The average molecular weight is 235 g/mol. The summed E-state index contributed by atoms with van der Waals surface area (Å²) >= 11 is 0. The lowest BCUT2D eigenvalue weighted by Crippen LogP contribution is -2.15. The van der Waals surface area contributed by atoms with Crippen LogP contribution in [0, 0.1) is 11.8 Å². The van der Waals surface area contributed by atoms with Crippen LogP contribution in [0.25, 0.3) is 0 Å². The Labute approximate surface area is 95.3 Å². The van der Waals surface area contributed by atoms with Gasteiger partial charge in [0.25, 0.3) is 5.91 Å². The lowest BCUT2D eigenvalue weighted by Gasteiger charge is -2.05. The van der Waals surface area contributed by atoms with E-state index in [2.05, 4.69) is 15.3 Å². The number of nitrogens with one attached hydrogen (secondary N) is 1. The molecule has 1 amide bonds. The fourth-order valence-electron chi connectivity index (χ4n) is 1.23. The van der Waals surface area contributed by atoms with E-state index >= 15 is 0 Å². The molecule has 1 N–H and O–H groups in total. The van der Waals surface area contributed by atoms with Crippen molar-refractivity contribution in [1.29, 1.82) is 0 Å². The summed E-state index contributed by atoms with van der Waals surface area (Å²) in [6, 6.07) is 4.18. The molecule has 0 spiro atoms. The zero-order valence-electron chi connectivity index (χ0n) is 8.52. The Morgan fingerprint density at radius 1 is 1.12 bits per heavy atom. The third kappa shape index (κ3) is 2.41. The van der Waals surface area contributed by atoms with E-state index < -0.39 is 23.2 Å². The summed E-state index contributed by atoms with van der Waals surface area (Å²) in [4.78, 5) is 18.5. The summed E-state index contributed by atoms with van der Waals surface area (Å²) in [5, 5.41) is 2.41. The third-order valence-corrected chi connectivity index (χ3v) is 2.03. The van der Waals surface area contributed by atoms with Crippen molar-refractivity contribution in [2.24, 2.45) is 0 Å². The molecule has 2 rings (SSSR count). The van der Waals surface area contributed by atoms with Crippen LogP contribution in [0.4, 0.5) is 14.5 Å². The number of nitrogens with zero attached hydrogens (tertiary/aromatic N) is 2. The monoisotopic (exact) mass is 235 g/mol. The number of anilines is 1. The van der Waals surface area contributed by atoms with E-state index in [1.54, 1.807) is 0 Å². The summed E-state index contributed by atoms with van der Waals surface area (Å²) in [6.45, 7) is 0. The van der Waals surface area contributed by atoms with E-state index in [0.717, 1.165) is 12.3 Å². The first-order chi connectivity index (χ1) is 8.18. The zero-order valence-corrected chi connectivity index (χ0v) is 8.52. The highest BCUT2D eigenvalue weighted by molar-refractivity contribution is 6.04. The van der Waals surface area contributed by atoms with Gasteiger partial charge >= 0.3 is 0 Å². The Hall–Kier alpha value is -2.37. The summed E-state index contributed by atoms with van der Waals surface area (Å²) in [6.07, 6.45) is 3.97. The molecule has 2 aromatic heterocycles. The Balaban J connectivity index is 2.24. The van der Waals surface area contributed by atoms with Crippen LogP contribution in [0.1, 0.15) is 10.4 Å². The number of aromatic nitrogens is 2. The fraction of sp³-hybridized carbons (Fsp3) is 0. The van der Waals surface area contributed by atoms with Crippen LogP contribution >= 0.6 is 0 Å². The SMILES string of the molecule is O=C(Nc1ccncc1)c1ccnc(F)c1F. The molecule has 6 heteroatoms. The normalized spacial score (nSPS) is 10.0. The topological polar surface area (TPSA) is 54.9 Å². The molecule has 0 aliphatic carbocycles. The largest absolute Gasteiger partial charge is 0.322 e. The van der Waals surface area contributed by atoms with Gasteiger partial charge in [0.15, 0.2) is 5.82 Å². The van der Waals surface area contributed by atoms with Gasteiger partial charge in [0.2, 0.25) is 5.95 Å². The Morgan fingerprint density at radius 2 is 1.82 bits per heavy atom. The number of carbonyl (C=O) groups is 1. The first-order valence-corrected chi connectivity index (χ1v) is 4.70. The van der Waals surface area contributed by atoms with Crippen molar-refractivity contribution in [1.82, 2.24) is 9.97 Å². The molecule has 0 fully saturated rings. The molecule has 0 unspecified atom stereocenters. The lowest BCUT2D eigenvalue weighted by atomic mass is 10.2. The van der Waals surface area contributed by atoms with E-state index in [4.69, 9.17) is 0 Å². The summed E-state index contributed by atoms with van der Waals surface area (Å²) in [5.74, 6) is -3.30. The Morgan fingerprint density at radius 3 is 2.53 bits per heavy atom. The smallest absolute Gasteiger partial charge is 0.258 e. The number of carbonyl (C=O) groups excluding carboxylic acids is 1. The molecule has 0 atom stereocenters. The molecule has 2 aromatic rings. The van der Waals surface area contributed by atoms with Gasteiger partial charge in [-0.2, -0.15) is 4.39 Å². The molecule has 0 bridgehead atoms. The van der Waals surface area contributed by atoms with E-state index in [-0.39, 0.29) is 0 Å². The van der Waals surface area contributed by atoms with Gasteiger partial charge in [-0.15, -0.1) is 0 Å². The maximum absolute atomic E-state index is 13.2. The quantitative estimate of drug-likeness (QED) is 0.810. The van der Waals surface area contributed by atoms with Crippen LogP contribution in [0.2, 0.25) is 0 Å². The van der Waals surface area contributed by atoms with Crippen molar-refractivity contribution >= 4 is 11.6 Å². The zero-order chi connectivity index (χ0) is 12.3. The van der Waals surface area contributed by atoms with Gasteiger partial charge in [-0.1, -0.05) is 0 Å². The van der Waals surface area contributed by atoms with Crippen LogP contribution < -0.4 is 5.32 Å². The second-order valence-electron chi connectivity index (χ2n) is 3.15. The highest BCUT2D eigenvalue weighted by Crippen LogP contribution is 2.12.